The molecule has 2 aliphatic rings. The van der Waals surface area contributed by atoms with E-state index in [1.807, 2.05) is 0 Å². The highest BCUT2D eigenvalue weighted by Gasteiger charge is 2.53. The van der Waals surface area contributed by atoms with E-state index in [9.17, 15) is 60.3 Å². The third-order valence-corrected chi connectivity index (χ3v) is 9.24. The lowest BCUT2D eigenvalue weighted by atomic mass is 9.97. The highest BCUT2D eigenvalue weighted by atomic mass is 16.8. The summed E-state index contributed by atoms with van der Waals surface area (Å²) in [6.07, 6.45) is -17.4. The average molecular weight is 815 g/mol. The number of phenolic OH excluding ortho intramolecular Hbond substituents is 3. The van der Waals surface area contributed by atoms with Crippen LogP contribution in [-0.4, -0.2) is 140 Å². The first-order valence-corrected chi connectivity index (χ1v) is 17.3. The number of carbonyl (C=O) groups excluding carboxylic acids is 1. The summed E-state index contributed by atoms with van der Waals surface area (Å²) >= 11 is 0. The minimum atomic E-state index is -2.17. The van der Waals surface area contributed by atoms with Crippen LogP contribution in [0.5, 0.6) is 34.5 Å². The molecule has 10 atom stereocenters. The molecule has 1 aromatic heterocycles. The Morgan fingerprint density at radius 3 is 2.10 bits per heavy atom. The summed E-state index contributed by atoms with van der Waals surface area (Å²) in [5, 5.41) is 93.8. The fourth-order valence-corrected chi connectivity index (χ4v) is 6.19. The summed E-state index contributed by atoms with van der Waals surface area (Å²) in [5.74, 6) is -4.11. The maximum Gasteiger partial charge on any atom is 0.335 e. The van der Waals surface area contributed by atoms with Gasteiger partial charge in [-0.3, -0.25) is 4.79 Å². The molecule has 0 bridgehead atoms. The summed E-state index contributed by atoms with van der Waals surface area (Å²) in [6, 6.07) is 11.6. The largest absolute Gasteiger partial charge is 0.508 e. The predicted molar refractivity (Wildman–Crippen MR) is 193 cm³/mol. The van der Waals surface area contributed by atoms with E-state index in [-0.39, 0.29) is 51.0 Å². The predicted octanol–water partition coefficient (Wildman–Crippen LogP) is -0.0465. The van der Waals surface area contributed by atoms with Crippen LogP contribution < -0.4 is 19.6 Å². The van der Waals surface area contributed by atoms with Crippen molar-refractivity contribution in [2.24, 2.45) is 0 Å². The molecule has 3 aromatic carbocycles. The van der Waals surface area contributed by atoms with Crippen LogP contribution in [0.15, 0.2) is 69.9 Å². The Bertz CT molecular complexity index is 2190. The zero-order chi connectivity index (χ0) is 42.0. The number of aliphatic hydroxyl groups excluding tert-OH is 5. The number of carboxylic acids is 1. The van der Waals surface area contributed by atoms with Crippen molar-refractivity contribution >= 4 is 29.0 Å². The second-order valence-electron chi connectivity index (χ2n) is 13.1. The molecule has 58 heavy (non-hydrogen) atoms. The molecule has 20 heteroatoms. The lowest BCUT2D eigenvalue weighted by Crippen LogP contribution is -2.65. The van der Waals surface area contributed by atoms with Crippen LogP contribution in [0.2, 0.25) is 0 Å². The molecule has 2 saturated heterocycles. The number of benzene rings is 3. The molecule has 2 fully saturated rings. The minimum Gasteiger partial charge on any atom is -0.508 e. The molecule has 0 radical (unpaired) electrons. The van der Waals surface area contributed by atoms with Crippen LogP contribution >= 0.6 is 0 Å². The molecular weight excluding hydrogens is 776 g/mol. The highest BCUT2D eigenvalue weighted by Crippen LogP contribution is 2.41. The molecule has 10 unspecified atom stereocenters. The maximum absolute atomic E-state index is 13.2. The molecule has 0 aliphatic carbocycles. The summed E-state index contributed by atoms with van der Waals surface area (Å²) in [5.41, 5.74) is -0.245. The van der Waals surface area contributed by atoms with Crippen molar-refractivity contribution in [2.75, 3.05) is 20.8 Å². The first kappa shape index (κ1) is 41.7. The first-order valence-electron chi connectivity index (χ1n) is 17.3. The van der Waals surface area contributed by atoms with Gasteiger partial charge in [0.1, 0.15) is 77.2 Å². The van der Waals surface area contributed by atoms with Gasteiger partial charge in [0.2, 0.25) is 12.0 Å². The monoisotopic (exact) mass is 814 g/mol. The number of carboxylic acid groups (broad SMARTS) is 1. The summed E-state index contributed by atoms with van der Waals surface area (Å²) in [7, 11) is 2.57. The molecule has 0 amide bonds. The van der Waals surface area contributed by atoms with Crippen molar-refractivity contribution in [1.82, 2.24) is 0 Å². The van der Waals surface area contributed by atoms with Crippen LogP contribution in [0, 0.1) is 0 Å². The summed E-state index contributed by atoms with van der Waals surface area (Å²) in [4.78, 5) is 37.6. The van der Waals surface area contributed by atoms with Gasteiger partial charge in [-0.15, -0.1) is 0 Å². The Labute approximate surface area is 326 Å². The number of esters is 1. The maximum atomic E-state index is 13.2. The molecule has 0 spiro atoms. The number of hydrogen-bond acceptors (Lipinski definition) is 19. The van der Waals surface area contributed by atoms with E-state index in [2.05, 4.69) is 0 Å². The van der Waals surface area contributed by atoms with E-state index in [1.54, 1.807) is 0 Å². The Balaban J connectivity index is 1.26. The van der Waals surface area contributed by atoms with Crippen molar-refractivity contribution in [3.05, 3.63) is 76.5 Å². The van der Waals surface area contributed by atoms with Crippen molar-refractivity contribution < 1.29 is 93.1 Å². The number of methoxy groups -OCH3 is 2. The van der Waals surface area contributed by atoms with Crippen LogP contribution in [-0.2, 0) is 28.5 Å². The number of fused-ring (bicyclic) bond motifs is 1. The molecule has 0 saturated carbocycles. The number of phenols is 3. The molecule has 3 heterocycles. The Kier molecular flexibility index (Phi) is 12.4. The van der Waals surface area contributed by atoms with Gasteiger partial charge in [-0.2, -0.15) is 0 Å². The van der Waals surface area contributed by atoms with Gasteiger partial charge in [0.25, 0.3) is 0 Å². The zero-order valence-electron chi connectivity index (χ0n) is 30.3. The standard InChI is InChI=1S/C38H38O20/c1-51-23-9-16(10-24(52-2)28(23)43)21-13-20(41)27-19(40)11-18(12-22(27)55-21)54-38-35(32(47)31(46)34(57-38)36(49)50)58-37-33(48)30(45)29(44)25(56-37)14-53-26(42)8-5-15-3-6-17(39)7-4-15/h3-13,25,29-35,37-40,43-48H,14H2,1-2H3,(H,49,50)/b8-5+. The van der Waals surface area contributed by atoms with Crippen molar-refractivity contribution in [3.63, 3.8) is 0 Å². The van der Waals surface area contributed by atoms with Crippen molar-refractivity contribution in [2.45, 2.75) is 61.4 Å². The number of rotatable bonds is 12. The second-order valence-corrected chi connectivity index (χ2v) is 13.1. The number of aliphatic hydroxyl groups is 5. The van der Waals surface area contributed by atoms with Gasteiger partial charge in [0.15, 0.2) is 35.4 Å². The van der Waals surface area contributed by atoms with E-state index in [0.717, 1.165) is 24.3 Å². The van der Waals surface area contributed by atoms with E-state index in [0.29, 0.717) is 5.56 Å². The number of hydrogen-bond donors (Lipinski definition) is 9. The van der Waals surface area contributed by atoms with Gasteiger partial charge in [-0.1, -0.05) is 12.1 Å². The SMILES string of the molecule is COc1cc(-c2cc(=O)c3c(O)cc(OC4OC(C(=O)O)C(O)C(O)C4OC4OC(COC(=O)/C=C/c5ccc(O)cc5)C(O)C(O)C4O)cc3o2)cc(OC)c1O. The second kappa shape index (κ2) is 17.3. The van der Waals surface area contributed by atoms with Gasteiger partial charge >= 0.3 is 11.9 Å². The molecular formula is C38H38O20. The lowest BCUT2D eigenvalue weighted by molar-refractivity contribution is -0.355. The minimum absolute atomic E-state index is 0.00932. The third-order valence-electron chi connectivity index (χ3n) is 9.24. The molecule has 6 rings (SSSR count). The van der Waals surface area contributed by atoms with Crippen molar-refractivity contribution in [3.8, 4) is 45.8 Å². The molecule has 9 N–H and O–H groups in total. The van der Waals surface area contributed by atoms with Crippen LogP contribution in [0.4, 0.5) is 0 Å². The van der Waals surface area contributed by atoms with E-state index >= 15 is 0 Å². The average Bonchev–Trinajstić information content (AvgIpc) is 3.19. The Morgan fingerprint density at radius 2 is 1.47 bits per heavy atom. The molecule has 4 aromatic rings. The van der Waals surface area contributed by atoms with Crippen molar-refractivity contribution in [1.29, 1.82) is 0 Å². The number of aliphatic carboxylic acids is 1. The third kappa shape index (κ3) is 8.63. The topological polar surface area (TPSA) is 311 Å². The zero-order valence-corrected chi connectivity index (χ0v) is 30.3. The van der Waals surface area contributed by atoms with Gasteiger partial charge in [0.05, 0.1) is 14.2 Å². The Hall–Kier alpha value is -5.97. The van der Waals surface area contributed by atoms with Crippen LogP contribution in [0.3, 0.4) is 0 Å². The van der Waals surface area contributed by atoms with E-state index < -0.39 is 91.1 Å². The van der Waals surface area contributed by atoms with E-state index in [1.165, 1.54) is 56.7 Å². The van der Waals surface area contributed by atoms with Crippen LogP contribution in [0.1, 0.15) is 5.56 Å². The van der Waals surface area contributed by atoms with Gasteiger partial charge < -0.3 is 83.5 Å². The molecule has 2 aliphatic heterocycles. The number of ether oxygens (including phenoxy) is 7. The quantitative estimate of drug-likeness (QED) is 0.0669. The van der Waals surface area contributed by atoms with Crippen LogP contribution in [0.25, 0.3) is 28.4 Å². The van der Waals surface area contributed by atoms with E-state index in [4.69, 9.17) is 37.6 Å². The lowest BCUT2D eigenvalue weighted by Gasteiger charge is -2.45. The van der Waals surface area contributed by atoms with Gasteiger partial charge in [-0.25, -0.2) is 9.59 Å². The first-order chi connectivity index (χ1) is 27.6. The smallest absolute Gasteiger partial charge is 0.335 e. The summed E-state index contributed by atoms with van der Waals surface area (Å²) < 4.78 is 44.0. The summed E-state index contributed by atoms with van der Waals surface area (Å²) in [6.45, 7) is -0.690. The van der Waals surface area contributed by atoms with Gasteiger partial charge in [-0.05, 0) is 35.9 Å². The van der Waals surface area contributed by atoms with Gasteiger partial charge in [0, 0.05) is 29.8 Å². The molecule has 310 valence electrons. The molecule has 20 nitrogen and oxygen atoms in total. The fourth-order valence-electron chi connectivity index (χ4n) is 6.19. The Morgan fingerprint density at radius 1 is 0.793 bits per heavy atom. The number of carbonyl (C=O) groups is 2. The number of aromatic hydroxyl groups is 3. The normalized spacial score (nSPS) is 27.3. The highest BCUT2D eigenvalue weighted by molar-refractivity contribution is 5.87. The fraction of sp³-hybridized carbons (Fsp3) is 0.342.